The van der Waals surface area contributed by atoms with Crippen LogP contribution in [0.15, 0.2) is 84.2 Å². The molecule has 1 heterocycles. The second kappa shape index (κ2) is 13.6. The third-order valence-corrected chi connectivity index (χ3v) is 7.26. The standard InChI is InChI=1S/C31H34N4O3S/c1-22-21-39-29(33-22)20-35(2)31(37)25-12-7-11-24(18-25)30(36)34-27(17-23-9-5-4-6-10-23)15-16-32-26-13-8-14-28(19-26)38-3/h4-14,18-19,21,27,32H,15-17,20H2,1-3H3,(H,34,36)/t27-/m1/s1. The molecule has 0 aliphatic heterocycles. The quantitative estimate of drug-likeness (QED) is 0.244. The first kappa shape index (κ1) is 27.9. The molecule has 0 spiro atoms. The summed E-state index contributed by atoms with van der Waals surface area (Å²) < 4.78 is 5.31. The molecule has 8 heteroatoms. The Morgan fingerprint density at radius 2 is 1.77 bits per heavy atom. The second-order valence-electron chi connectivity index (χ2n) is 9.43. The van der Waals surface area contributed by atoms with E-state index in [-0.39, 0.29) is 17.9 Å². The van der Waals surface area contributed by atoms with Crippen LogP contribution in [0.1, 0.15) is 43.4 Å². The Balaban J connectivity index is 1.42. The van der Waals surface area contributed by atoms with E-state index in [0.29, 0.717) is 37.1 Å². The van der Waals surface area contributed by atoms with Crippen molar-refractivity contribution in [2.75, 3.05) is 26.0 Å². The molecule has 7 nitrogen and oxygen atoms in total. The molecule has 4 aromatic rings. The van der Waals surface area contributed by atoms with Crippen LogP contribution in [0.5, 0.6) is 5.75 Å². The Morgan fingerprint density at radius 1 is 1.00 bits per heavy atom. The van der Waals surface area contributed by atoms with Crippen molar-refractivity contribution in [2.45, 2.75) is 32.4 Å². The van der Waals surface area contributed by atoms with Crippen molar-refractivity contribution in [3.63, 3.8) is 0 Å². The zero-order valence-electron chi connectivity index (χ0n) is 22.5. The highest BCUT2D eigenvalue weighted by Gasteiger charge is 2.18. The molecular formula is C31H34N4O3S. The molecule has 3 aromatic carbocycles. The Labute approximate surface area is 233 Å². The fourth-order valence-corrected chi connectivity index (χ4v) is 5.10. The van der Waals surface area contributed by atoms with Gasteiger partial charge in [0.05, 0.1) is 13.7 Å². The highest BCUT2D eigenvalue weighted by molar-refractivity contribution is 7.09. The van der Waals surface area contributed by atoms with Crippen LogP contribution >= 0.6 is 11.3 Å². The summed E-state index contributed by atoms with van der Waals surface area (Å²) in [6.07, 6.45) is 1.41. The first-order valence-electron chi connectivity index (χ1n) is 12.9. The molecule has 2 amide bonds. The summed E-state index contributed by atoms with van der Waals surface area (Å²) in [7, 11) is 3.39. The predicted molar refractivity (Wildman–Crippen MR) is 157 cm³/mol. The molecule has 0 bridgehead atoms. The molecule has 1 atom stereocenters. The molecule has 202 valence electrons. The Hall–Kier alpha value is -4.17. The lowest BCUT2D eigenvalue weighted by atomic mass is 10.0. The number of nitrogens with zero attached hydrogens (tertiary/aromatic N) is 2. The third kappa shape index (κ3) is 8.15. The summed E-state index contributed by atoms with van der Waals surface area (Å²) >= 11 is 1.53. The molecule has 0 aliphatic carbocycles. The topological polar surface area (TPSA) is 83.6 Å². The number of carbonyl (C=O) groups excluding carboxylic acids is 2. The van der Waals surface area contributed by atoms with E-state index in [0.717, 1.165) is 27.7 Å². The third-order valence-electron chi connectivity index (χ3n) is 6.31. The molecule has 0 radical (unpaired) electrons. The van der Waals surface area contributed by atoms with Gasteiger partial charge >= 0.3 is 0 Å². The summed E-state index contributed by atoms with van der Waals surface area (Å²) in [6.45, 7) is 3.03. The summed E-state index contributed by atoms with van der Waals surface area (Å²) in [5.41, 5.74) is 3.98. The molecule has 0 saturated heterocycles. The van der Waals surface area contributed by atoms with Gasteiger partial charge in [0, 0.05) is 53.6 Å². The van der Waals surface area contributed by atoms with E-state index in [1.807, 2.05) is 54.8 Å². The van der Waals surface area contributed by atoms with E-state index >= 15 is 0 Å². The molecule has 39 heavy (non-hydrogen) atoms. The lowest BCUT2D eigenvalue weighted by Crippen LogP contribution is -2.38. The highest BCUT2D eigenvalue weighted by atomic mass is 32.1. The Morgan fingerprint density at radius 3 is 2.51 bits per heavy atom. The summed E-state index contributed by atoms with van der Waals surface area (Å²) in [6, 6.07) is 24.7. The Kier molecular flexibility index (Phi) is 9.69. The van der Waals surface area contributed by atoms with Gasteiger partial charge in [0.1, 0.15) is 10.8 Å². The zero-order valence-corrected chi connectivity index (χ0v) is 23.3. The number of carbonyl (C=O) groups is 2. The minimum Gasteiger partial charge on any atom is -0.497 e. The number of hydrogen-bond acceptors (Lipinski definition) is 6. The van der Waals surface area contributed by atoms with E-state index in [1.54, 1.807) is 43.3 Å². The monoisotopic (exact) mass is 542 g/mol. The summed E-state index contributed by atoms with van der Waals surface area (Å²) in [5.74, 6) is 0.432. The minimum absolute atomic E-state index is 0.104. The molecular weight excluding hydrogens is 508 g/mol. The smallest absolute Gasteiger partial charge is 0.253 e. The molecule has 0 unspecified atom stereocenters. The van der Waals surface area contributed by atoms with Gasteiger partial charge in [0.25, 0.3) is 11.8 Å². The average Bonchev–Trinajstić information content (AvgIpc) is 3.37. The normalized spacial score (nSPS) is 11.5. The number of amides is 2. The predicted octanol–water partition coefficient (Wildman–Crippen LogP) is 5.58. The van der Waals surface area contributed by atoms with Crippen LogP contribution in [0.4, 0.5) is 5.69 Å². The summed E-state index contributed by atoms with van der Waals surface area (Å²) in [5, 5.41) is 9.46. The fourth-order valence-electron chi connectivity index (χ4n) is 4.28. The van der Waals surface area contributed by atoms with E-state index in [1.165, 1.54) is 11.3 Å². The first-order chi connectivity index (χ1) is 18.9. The number of thiazole rings is 1. The van der Waals surface area contributed by atoms with Crippen molar-refractivity contribution >= 4 is 28.8 Å². The number of benzene rings is 3. The van der Waals surface area contributed by atoms with E-state index in [4.69, 9.17) is 4.74 Å². The molecule has 4 rings (SSSR count). The molecule has 1 aromatic heterocycles. The van der Waals surface area contributed by atoms with Gasteiger partial charge in [-0.3, -0.25) is 9.59 Å². The molecule has 0 saturated carbocycles. The molecule has 0 fully saturated rings. The summed E-state index contributed by atoms with van der Waals surface area (Å²) in [4.78, 5) is 32.5. The van der Waals surface area contributed by atoms with Crippen LogP contribution in [-0.4, -0.2) is 48.4 Å². The number of nitrogens with one attached hydrogen (secondary N) is 2. The van der Waals surface area contributed by atoms with Gasteiger partial charge in [-0.25, -0.2) is 4.98 Å². The van der Waals surface area contributed by atoms with Gasteiger partial charge in [-0.15, -0.1) is 11.3 Å². The van der Waals surface area contributed by atoms with Gasteiger partial charge < -0.3 is 20.3 Å². The molecule has 2 N–H and O–H groups in total. The lowest BCUT2D eigenvalue weighted by Gasteiger charge is -2.20. The number of rotatable bonds is 12. The van der Waals surface area contributed by atoms with Crippen LogP contribution in [0.25, 0.3) is 0 Å². The number of aryl methyl sites for hydroxylation is 1. The maximum atomic E-state index is 13.3. The van der Waals surface area contributed by atoms with Crippen LogP contribution in [0.3, 0.4) is 0 Å². The van der Waals surface area contributed by atoms with Gasteiger partial charge in [0.15, 0.2) is 0 Å². The van der Waals surface area contributed by atoms with Crippen LogP contribution in [0, 0.1) is 6.92 Å². The minimum atomic E-state index is -0.204. The maximum absolute atomic E-state index is 13.3. The maximum Gasteiger partial charge on any atom is 0.253 e. The second-order valence-corrected chi connectivity index (χ2v) is 10.4. The number of hydrogen-bond donors (Lipinski definition) is 2. The molecule has 0 aliphatic rings. The SMILES string of the molecule is COc1cccc(NCC[C@H](Cc2ccccc2)NC(=O)c2cccc(C(=O)N(C)Cc3nc(C)cs3)c2)c1. The van der Waals surface area contributed by atoms with Crippen molar-refractivity contribution in [3.8, 4) is 5.75 Å². The van der Waals surface area contributed by atoms with E-state index in [9.17, 15) is 9.59 Å². The fraction of sp³-hybridized carbons (Fsp3) is 0.258. The van der Waals surface area contributed by atoms with Crippen molar-refractivity contribution in [2.24, 2.45) is 0 Å². The van der Waals surface area contributed by atoms with E-state index in [2.05, 4.69) is 27.8 Å². The van der Waals surface area contributed by atoms with Crippen molar-refractivity contribution in [1.29, 1.82) is 0 Å². The number of methoxy groups -OCH3 is 1. The van der Waals surface area contributed by atoms with E-state index < -0.39 is 0 Å². The van der Waals surface area contributed by atoms with Gasteiger partial charge in [-0.1, -0.05) is 42.5 Å². The van der Waals surface area contributed by atoms with Gasteiger partial charge in [-0.2, -0.15) is 0 Å². The van der Waals surface area contributed by atoms with Gasteiger partial charge in [-0.05, 0) is 55.7 Å². The number of aromatic nitrogens is 1. The average molecular weight is 543 g/mol. The first-order valence-corrected chi connectivity index (χ1v) is 13.8. The zero-order chi connectivity index (χ0) is 27.6. The largest absolute Gasteiger partial charge is 0.497 e. The van der Waals surface area contributed by atoms with Crippen LogP contribution in [0.2, 0.25) is 0 Å². The van der Waals surface area contributed by atoms with Crippen molar-refractivity contribution in [3.05, 3.63) is 112 Å². The Bertz CT molecular complexity index is 1390. The van der Waals surface area contributed by atoms with Crippen LogP contribution in [-0.2, 0) is 13.0 Å². The number of anilines is 1. The van der Waals surface area contributed by atoms with Crippen molar-refractivity contribution in [1.82, 2.24) is 15.2 Å². The van der Waals surface area contributed by atoms with Gasteiger partial charge in [0.2, 0.25) is 0 Å². The van der Waals surface area contributed by atoms with Crippen molar-refractivity contribution < 1.29 is 14.3 Å². The highest BCUT2D eigenvalue weighted by Crippen LogP contribution is 2.18. The van der Waals surface area contributed by atoms with Crippen LogP contribution < -0.4 is 15.4 Å². The number of ether oxygens (including phenoxy) is 1. The lowest BCUT2D eigenvalue weighted by molar-refractivity contribution is 0.0785.